The zero-order valence-corrected chi connectivity index (χ0v) is 17.2. The first-order valence-corrected chi connectivity index (χ1v) is 10.1. The zero-order chi connectivity index (χ0) is 23.6. The Morgan fingerprint density at radius 2 is 1.64 bits per heavy atom. The number of carbonyl (C=O) groups is 1. The van der Waals surface area contributed by atoms with Gasteiger partial charge in [-0.2, -0.15) is 13.2 Å². The fraction of sp³-hybridized carbons (Fsp3) is 0.318. The van der Waals surface area contributed by atoms with Crippen LogP contribution in [-0.2, 0) is 12.7 Å². The van der Waals surface area contributed by atoms with E-state index in [1.54, 1.807) is 42.5 Å². The Morgan fingerprint density at radius 3 is 2.21 bits per heavy atom. The van der Waals surface area contributed by atoms with E-state index in [-0.39, 0.29) is 43.9 Å². The number of hydrogen-bond donors (Lipinski definition) is 0. The lowest BCUT2D eigenvalue weighted by molar-refractivity contribution is -0.156. The fourth-order valence-electron chi connectivity index (χ4n) is 3.46. The van der Waals surface area contributed by atoms with Crippen LogP contribution in [0.25, 0.3) is 11.5 Å². The third-order valence-electron chi connectivity index (χ3n) is 5.27. The average molecular weight is 466 g/mol. The van der Waals surface area contributed by atoms with Gasteiger partial charge in [0.25, 0.3) is 5.92 Å². The molecule has 1 saturated heterocycles. The Labute approximate surface area is 185 Å². The third-order valence-corrected chi connectivity index (χ3v) is 5.27. The molecule has 3 aromatic rings. The van der Waals surface area contributed by atoms with Gasteiger partial charge in [0.15, 0.2) is 0 Å². The zero-order valence-electron chi connectivity index (χ0n) is 17.2. The Kier molecular flexibility index (Phi) is 6.05. The largest absolute Gasteiger partial charge is 0.470 e. The first kappa shape index (κ1) is 22.7. The van der Waals surface area contributed by atoms with Gasteiger partial charge in [-0.25, -0.2) is 13.6 Å². The van der Waals surface area contributed by atoms with Crippen LogP contribution in [0.4, 0.5) is 32.4 Å². The van der Waals surface area contributed by atoms with Crippen molar-refractivity contribution in [2.45, 2.75) is 31.5 Å². The highest BCUT2D eigenvalue weighted by atomic mass is 19.4. The van der Waals surface area contributed by atoms with Crippen molar-refractivity contribution in [1.82, 2.24) is 15.1 Å². The molecule has 1 fully saturated rings. The van der Waals surface area contributed by atoms with Crippen molar-refractivity contribution in [2.24, 2.45) is 0 Å². The number of rotatable bonds is 4. The Balaban J connectivity index is 1.53. The molecule has 1 aliphatic heterocycles. The summed E-state index contributed by atoms with van der Waals surface area (Å²) in [5.74, 6) is -4.49. The van der Waals surface area contributed by atoms with E-state index in [0.717, 1.165) is 0 Å². The lowest BCUT2D eigenvalue weighted by Gasteiger charge is -2.35. The third kappa shape index (κ3) is 5.29. The van der Waals surface area contributed by atoms with Crippen molar-refractivity contribution in [2.75, 3.05) is 18.0 Å². The molecule has 0 radical (unpaired) electrons. The number of halogens is 5. The molecule has 33 heavy (non-hydrogen) atoms. The van der Waals surface area contributed by atoms with E-state index in [9.17, 15) is 26.7 Å². The molecule has 2 heterocycles. The van der Waals surface area contributed by atoms with E-state index in [0.29, 0.717) is 11.3 Å². The average Bonchev–Trinajstić information content (AvgIpc) is 3.29. The predicted molar refractivity (Wildman–Crippen MR) is 109 cm³/mol. The molecule has 1 aromatic heterocycles. The van der Waals surface area contributed by atoms with Gasteiger partial charge >= 0.3 is 18.1 Å². The summed E-state index contributed by atoms with van der Waals surface area (Å²) in [5, 5.41) is 6.43. The van der Waals surface area contributed by atoms with Gasteiger partial charge < -0.3 is 9.32 Å². The number of alkyl halides is 5. The maximum Gasteiger partial charge on any atom is 0.470 e. The monoisotopic (exact) mass is 466 g/mol. The Morgan fingerprint density at radius 1 is 1.00 bits per heavy atom. The predicted octanol–water partition coefficient (Wildman–Crippen LogP) is 5.61. The summed E-state index contributed by atoms with van der Waals surface area (Å²) in [5.41, 5.74) is 1.56. The Bertz CT molecular complexity index is 1090. The minimum atomic E-state index is -4.74. The van der Waals surface area contributed by atoms with Crippen molar-refractivity contribution in [3.8, 4) is 11.5 Å². The fourth-order valence-corrected chi connectivity index (χ4v) is 3.46. The number of carbonyl (C=O) groups excluding carboxylic acids is 1. The molecule has 6 nitrogen and oxygen atoms in total. The number of benzene rings is 2. The van der Waals surface area contributed by atoms with E-state index < -0.39 is 24.0 Å². The lowest BCUT2D eigenvalue weighted by atomic mass is 10.1. The maximum absolute atomic E-state index is 13.5. The van der Waals surface area contributed by atoms with E-state index >= 15 is 0 Å². The van der Waals surface area contributed by atoms with Gasteiger partial charge in [-0.05, 0) is 29.8 Å². The molecule has 0 N–H and O–H groups in total. The minimum Gasteiger partial charge on any atom is -0.413 e. The first-order valence-electron chi connectivity index (χ1n) is 10.1. The normalized spacial score (nSPS) is 16.0. The first-order chi connectivity index (χ1) is 15.6. The molecular weight excluding hydrogens is 447 g/mol. The standard InChI is InChI=1S/C22H19F5N4O2/c23-21(24)10-12-30(13-11-21)20(32)31(17-4-2-1-3-5-17)14-15-6-8-16(9-7-15)18-28-29-19(33-18)22(25,26)27/h1-9H,10-14H2. The summed E-state index contributed by atoms with van der Waals surface area (Å²) in [6.45, 7) is 0.0350. The second-order valence-electron chi connectivity index (χ2n) is 7.65. The molecule has 0 aliphatic carbocycles. The molecule has 174 valence electrons. The van der Waals surface area contributed by atoms with Crippen LogP contribution in [0, 0.1) is 0 Å². The Hall–Kier alpha value is -3.50. The summed E-state index contributed by atoms with van der Waals surface area (Å²) in [6, 6.07) is 14.7. The summed E-state index contributed by atoms with van der Waals surface area (Å²) >= 11 is 0. The van der Waals surface area contributed by atoms with Crippen molar-refractivity contribution >= 4 is 11.7 Å². The maximum atomic E-state index is 13.5. The van der Waals surface area contributed by atoms with Crippen LogP contribution in [0.2, 0.25) is 0 Å². The minimum absolute atomic E-state index is 0.0488. The lowest BCUT2D eigenvalue weighted by Crippen LogP contribution is -2.48. The van der Waals surface area contributed by atoms with Crippen molar-refractivity contribution < 1.29 is 31.2 Å². The topological polar surface area (TPSA) is 62.5 Å². The number of piperidine rings is 1. The molecule has 0 atom stereocenters. The van der Waals surface area contributed by atoms with Crippen LogP contribution in [0.5, 0.6) is 0 Å². The molecule has 0 unspecified atom stereocenters. The quantitative estimate of drug-likeness (QED) is 0.469. The number of aromatic nitrogens is 2. The van der Waals surface area contributed by atoms with Gasteiger partial charge in [0.2, 0.25) is 5.89 Å². The number of amides is 2. The molecular formula is C22H19F5N4O2. The molecule has 4 rings (SSSR count). The van der Waals surface area contributed by atoms with Crippen LogP contribution in [0.3, 0.4) is 0 Å². The number of anilines is 1. The van der Waals surface area contributed by atoms with Gasteiger partial charge in [-0.1, -0.05) is 30.3 Å². The van der Waals surface area contributed by atoms with Gasteiger partial charge in [0, 0.05) is 37.2 Å². The van der Waals surface area contributed by atoms with E-state index in [1.807, 2.05) is 0 Å². The van der Waals surface area contributed by atoms with Crippen molar-refractivity contribution in [3.63, 3.8) is 0 Å². The highest BCUT2D eigenvalue weighted by Gasteiger charge is 2.38. The summed E-state index contributed by atoms with van der Waals surface area (Å²) < 4.78 is 69.8. The SMILES string of the molecule is O=C(N1CCC(F)(F)CC1)N(Cc1ccc(-c2nnc(C(F)(F)F)o2)cc1)c1ccccc1. The molecule has 11 heteroatoms. The van der Waals surface area contributed by atoms with E-state index in [2.05, 4.69) is 14.6 Å². The smallest absolute Gasteiger partial charge is 0.413 e. The van der Waals surface area contributed by atoms with Crippen molar-refractivity contribution in [1.29, 1.82) is 0 Å². The van der Waals surface area contributed by atoms with Crippen LogP contribution in [-0.4, -0.2) is 40.1 Å². The second kappa shape index (κ2) is 8.80. The van der Waals surface area contributed by atoms with Crippen LogP contribution in [0.1, 0.15) is 24.3 Å². The van der Waals surface area contributed by atoms with Crippen LogP contribution < -0.4 is 4.90 Å². The molecule has 0 saturated carbocycles. The van der Waals surface area contributed by atoms with E-state index in [1.165, 1.54) is 21.9 Å². The highest BCUT2D eigenvalue weighted by molar-refractivity contribution is 5.92. The van der Waals surface area contributed by atoms with Gasteiger partial charge in [0.1, 0.15) is 0 Å². The van der Waals surface area contributed by atoms with Gasteiger partial charge in [-0.15, -0.1) is 10.2 Å². The summed E-state index contributed by atoms with van der Waals surface area (Å²) in [6.07, 6.45) is -5.51. The molecule has 2 aromatic carbocycles. The molecule has 0 spiro atoms. The summed E-state index contributed by atoms with van der Waals surface area (Å²) in [4.78, 5) is 16.0. The number of hydrogen-bond acceptors (Lipinski definition) is 4. The highest BCUT2D eigenvalue weighted by Crippen LogP contribution is 2.31. The number of likely N-dealkylation sites (tertiary alicyclic amines) is 1. The van der Waals surface area contributed by atoms with Gasteiger partial charge in [0.05, 0.1) is 6.54 Å². The number of nitrogens with zero attached hydrogens (tertiary/aromatic N) is 4. The van der Waals surface area contributed by atoms with Gasteiger partial charge in [-0.3, -0.25) is 4.90 Å². The van der Waals surface area contributed by atoms with Crippen LogP contribution in [0.15, 0.2) is 59.0 Å². The van der Waals surface area contributed by atoms with E-state index in [4.69, 9.17) is 0 Å². The molecule has 2 amide bonds. The number of urea groups is 1. The summed E-state index contributed by atoms with van der Waals surface area (Å²) in [7, 11) is 0. The van der Waals surface area contributed by atoms with Crippen molar-refractivity contribution in [3.05, 3.63) is 66.1 Å². The molecule has 0 bridgehead atoms. The number of para-hydroxylation sites is 1. The van der Waals surface area contributed by atoms with Crippen LogP contribution >= 0.6 is 0 Å². The molecule has 1 aliphatic rings. The second-order valence-corrected chi connectivity index (χ2v) is 7.65.